The van der Waals surface area contributed by atoms with Gasteiger partial charge in [-0.25, -0.2) is 8.42 Å². The van der Waals surface area contributed by atoms with Crippen molar-refractivity contribution >= 4 is 27.5 Å². The van der Waals surface area contributed by atoms with E-state index in [0.29, 0.717) is 30.4 Å². The molecule has 0 saturated carbocycles. The standard InChI is InChI=1S/C19H20ClN3O3S/c1-11-15(4-2-12-9-22-19(21)18(11)12)16-5-3-14(8-17(16)20)27(25,26)23-7-6-13(24)10-23/h2-5,8,13,24H,6-7,9-10H2,1H3,(H2,21,22)/t13-/m1/s1. The number of fused-ring (bicyclic) bond motifs is 1. The summed E-state index contributed by atoms with van der Waals surface area (Å²) in [5.41, 5.74) is 10.7. The summed E-state index contributed by atoms with van der Waals surface area (Å²) in [6, 6.07) is 8.70. The molecule has 6 nitrogen and oxygen atoms in total. The van der Waals surface area contributed by atoms with Crippen LogP contribution in [0.4, 0.5) is 0 Å². The first-order valence-electron chi connectivity index (χ1n) is 8.70. The van der Waals surface area contributed by atoms with E-state index in [0.717, 1.165) is 27.8 Å². The number of halogens is 1. The van der Waals surface area contributed by atoms with Crippen LogP contribution >= 0.6 is 11.6 Å². The first kappa shape index (κ1) is 18.4. The molecule has 0 bridgehead atoms. The Morgan fingerprint density at radius 1 is 1.26 bits per heavy atom. The van der Waals surface area contributed by atoms with Crippen molar-refractivity contribution in [1.29, 1.82) is 0 Å². The van der Waals surface area contributed by atoms with Crippen molar-refractivity contribution in [3.63, 3.8) is 0 Å². The third-order valence-electron chi connectivity index (χ3n) is 5.22. The molecule has 0 radical (unpaired) electrons. The fourth-order valence-corrected chi connectivity index (χ4v) is 5.62. The Morgan fingerprint density at radius 2 is 2.00 bits per heavy atom. The number of aliphatic imine (C=N–C) groups is 1. The van der Waals surface area contributed by atoms with Gasteiger partial charge in [-0.1, -0.05) is 29.8 Å². The number of nitrogens with zero attached hydrogens (tertiary/aromatic N) is 2. The SMILES string of the molecule is Cc1c(-c2ccc(S(=O)(=O)N3CC[C@@H](O)C3)cc2Cl)ccc2c1C(N)=NC2. The van der Waals surface area contributed by atoms with E-state index in [4.69, 9.17) is 17.3 Å². The van der Waals surface area contributed by atoms with Crippen LogP contribution in [0.5, 0.6) is 0 Å². The van der Waals surface area contributed by atoms with Gasteiger partial charge in [-0.15, -0.1) is 0 Å². The fraction of sp³-hybridized carbons (Fsp3) is 0.316. The monoisotopic (exact) mass is 405 g/mol. The van der Waals surface area contributed by atoms with E-state index in [1.165, 1.54) is 10.4 Å². The number of hydrogen-bond acceptors (Lipinski definition) is 5. The maximum Gasteiger partial charge on any atom is 0.243 e. The lowest BCUT2D eigenvalue weighted by Gasteiger charge is -2.17. The molecule has 0 spiro atoms. The van der Waals surface area contributed by atoms with E-state index < -0.39 is 16.1 Å². The maximum absolute atomic E-state index is 12.8. The molecule has 2 heterocycles. The molecule has 1 fully saturated rings. The molecular weight excluding hydrogens is 386 g/mol. The highest BCUT2D eigenvalue weighted by molar-refractivity contribution is 7.89. The summed E-state index contributed by atoms with van der Waals surface area (Å²) in [6.07, 6.45) is -0.168. The van der Waals surface area contributed by atoms with Crippen molar-refractivity contribution in [2.24, 2.45) is 10.7 Å². The van der Waals surface area contributed by atoms with E-state index in [1.807, 2.05) is 19.1 Å². The lowest BCUT2D eigenvalue weighted by atomic mass is 9.93. The Bertz CT molecular complexity index is 1070. The molecule has 142 valence electrons. The van der Waals surface area contributed by atoms with Crippen molar-refractivity contribution in [1.82, 2.24) is 4.31 Å². The van der Waals surface area contributed by atoms with Crippen molar-refractivity contribution in [3.05, 3.63) is 52.0 Å². The van der Waals surface area contributed by atoms with E-state index in [-0.39, 0.29) is 11.4 Å². The topological polar surface area (TPSA) is 96.0 Å². The Morgan fingerprint density at radius 3 is 2.67 bits per heavy atom. The molecule has 3 N–H and O–H groups in total. The van der Waals surface area contributed by atoms with Crippen LogP contribution in [-0.4, -0.2) is 42.9 Å². The second-order valence-electron chi connectivity index (χ2n) is 6.92. The number of benzene rings is 2. The number of sulfonamides is 1. The Hall–Kier alpha value is -1.93. The van der Waals surface area contributed by atoms with Gasteiger partial charge in [-0.05, 0) is 42.2 Å². The van der Waals surface area contributed by atoms with Crippen molar-refractivity contribution in [2.75, 3.05) is 13.1 Å². The van der Waals surface area contributed by atoms with E-state index in [2.05, 4.69) is 4.99 Å². The maximum atomic E-state index is 12.8. The number of hydrogen-bond donors (Lipinski definition) is 2. The van der Waals surface area contributed by atoms with Gasteiger partial charge in [0.25, 0.3) is 0 Å². The Labute approximate surface area is 163 Å². The van der Waals surface area contributed by atoms with Crippen molar-refractivity contribution in [3.8, 4) is 11.1 Å². The summed E-state index contributed by atoms with van der Waals surface area (Å²) in [4.78, 5) is 4.40. The minimum absolute atomic E-state index is 0.115. The first-order chi connectivity index (χ1) is 12.8. The molecule has 0 amide bonds. The second-order valence-corrected chi connectivity index (χ2v) is 9.27. The second kappa shape index (κ2) is 6.60. The third-order valence-corrected chi connectivity index (χ3v) is 7.40. The molecule has 2 aromatic rings. The van der Waals surface area contributed by atoms with Gasteiger partial charge in [0.1, 0.15) is 5.84 Å². The summed E-state index contributed by atoms with van der Waals surface area (Å²) in [7, 11) is -3.67. The molecule has 4 rings (SSSR count). The van der Waals surface area contributed by atoms with Crippen LogP contribution in [0.3, 0.4) is 0 Å². The zero-order chi connectivity index (χ0) is 19.3. The average molecular weight is 406 g/mol. The van der Waals surface area contributed by atoms with Gasteiger partial charge >= 0.3 is 0 Å². The van der Waals surface area contributed by atoms with E-state index >= 15 is 0 Å². The molecule has 0 unspecified atom stereocenters. The highest BCUT2D eigenvalue weighted by Crippen LogP contribution is 2.36. The molecule has 1 atom stereocenters. The third kappa shape index (κ3) is 3.04. The number of aliphatic hydroxyl groups excluding tert-OH is 1. The molecule has 2 aliphatic heterocycles. The predicted octanol–water partition coefficient (Wildman–Crippen LogP) is 2.29. The van der Waals surface area contributed by atoms with Crippen LogP contribution in [0, 0.1) is 6.92 Å². The zero-order valence-corrected chi connectivity index (χ0v) is 16.4. The van der Waals surface area contributed by atoms with Crippen LogP contribution in [0.15, 0.2) is 40.2 Å². The molecule has 2 aliphatic rings. The van der Waals surface area contributed by atoms with Gasteiger partial charge in [0.05, 0.1) is 17.5 Å². The lowest BCUT2D eigenvalue weighted by molar-refractivity contribution is 0.189. The Kier molecular flexibility index (Phi) is 4.50. The number of rotatable bonds is 3. The quantitative estimate of drug-likeness (QED) is 0.818. The minimum Gasteiger partial charge on any atom is -0.392 e. The van der Waals surface area contributed by atoms with Crippen molar-refractivity contribution < 1.29 is 13.5 Å². The largest absolute Gasteiger partial charge is 0.392 e. The summed E-state index contributed by atoms with van der Waals surface area (Å²) >= 11 is 6.47. The molecule has 8 heteroatoms. The molecule has 1 saturated heterocycles. The Balaban J connectivity index is 1.74. The lowest BCUT2D eigenvalue weighted by Crippen LogP contribution is -2.29. The van der Waals surface area contributed by atoms with Gasteiger partial charge < -0.3 is 10.8 Å². The highest BCUT2D eigenvalue weighted by Gasteiger charge is 2.32. The van der Waals surface area contributed by atoms with E-state index in [9.17, 15) is 13.5 Å². The highest BCUT2D eigenvalue weighted by atomic mass is 35.5. The normalized spacial score (nSPS) is 20.0. The van der Waals surface area contributed by atoms with Gasteiger partial charge in [-0.2, -0.15) is 4.31 Å². The predicted molar refractivity (Wildman–Crippen MR) is 105 cm³/mol. The summed E-state index contributed by atoms with van der Waals surface area (Å²) in [5, 5.41) is 9.99. The van der Waals surface area contributed by atoms with Gasteiger partial charge in [0.2, 0.25) is 10.0 Å². The number of β-amino-alcohol motifs (C(OH)–C–C–N with tert-alkyl or cyclic N) is 1. The van der Waals surface area contributed by atoms with Crippen molar-refractivity contribution in [2.45, 2.75) is 30.9 Å². The van der Waals surface area contributed by atoms with Gasteiger partial charge in [0, 0.05) is 29.2 Å². The molecule has 0 aliphatic carbocycles. The first-order valence-corrected chi connectivity index (χ1v) is 10.5. The average Bonchev–Trinajstić information content (AvgIpc) is 3.22. The van der Waals surface area contributed by atoms with Crippen LogP contribution in [0.2, 0.25) is 5.02 Å². The van der Waals surface area contributed by atoms with Crippen LogP contribution in [-0.2, 0) is 16.6 Å². The van der Waals surface area contributed by atoms with E-state index in [1.54, 1.807) is 12.1 Å². The van der Waals surface area contributed by atoms with Crippen LogP contribution in [0.1, 0.15) is 23.1 Å². The van der Waals surface area contributed by atoms with Gasteiger partial charge in [0.15, 0.2) is 0 Å². The number of nitrogens with two attached hydrogens (primary N) is 1. The summed E-state index contributed by atoms with van der Waals surface area (Å²) in [6.45, 7) is 2.97. The molecular formula is C19H20ClN3O3S. The zero-order valence-electron chi connectivity index (χ0n) is 14.8. The summed E-state index contributed by atoms with van der Waals surface area (Å²) in [5.74, 6) is 0.521. The number of aliphatic hydroxyl groups is 1. The summed E-state index contributed by atoms with van der Waals surface area (Å²) < 4.78 is 26.8. The number of amidine groups is 1. The van der Waals surface area contributed by atoms with Gasteiger partial charge in [-0.3, -0.25) is 4.99 Å². The fourth-order valence-electron chi connectivity index (χ4n) is 3.75. The smallest absolute Gasteiger partial charge is 0.243 e. The molecule has 2 aromatic carbocycles. The molecule has 0 aromatic heterocycles. The minimum atomic E-state index is -3.67. The van der Waals surface area contributed by atoms with Crippen LogP contribution < -0.4 is 5.73 Å². The molecule has 27 heavy (non-hydrogen) atoms. The van der Waals surface area contributed by atoms with Crippen LogP contribution in [0.25, 0.3) is 11.1 Å².